The van der Waals surface area contributed by atoms with Crippen LogP contribution in [0.25, 0.3) is 0 Å². The van der Waals surface area contributed by atoms with Crippen LogP contribution >= 0.6 is 0 Å². The number of aromatic amines is 1. The molecule has 6 nitrogen and oxygen atoms in total. The zero-order valence-corrected chi connectivity index (χ0v) is 11.5. The van der Waals surface area contributed by atoms with Crippen LogP contribution in [0.4, 0.5) is 5.82 Å². The average molecular weight is 279 g/mol. The molecule has 6 heteroatoms. The SMILES string of the molecule is O=C(C[C@@H]1CCCC[C@H]1O)Nc1n[nH]c2c1COCC2. The van der Waals surface area contributed by atoms with Crippen molar-refractivity contribution in [2.75, 3.05) is 11.9 Å². The Morgan fingerprint density at radius 3 is 3.15 bits per heavy atom. The number of fused-ring (bicyclic) bond motifs is 1. The highest BCUT2D eigenvalue weighted by molar-refractivity contribution is 5.90. The lowest BCUT2D eigenvalue weighted by Crippen LogP contribution is -2.29. The molecule has 0 aromatic carbocycles. The summed E-state index contributed by atoms with van der Waals surface area (Å²) in [4.78, 5) is 12.1. The number of anilines is 1. The van der Waals surface area contributed by atoms with Crippen molar-refractivity contribution in [3.8, 4) is 0 Å². The molecule has 1 aromatic rings. The number of aromatic nitrogens is 2. The molecule has 0 saturated heterocycles. The molecule has 1 fully saturated rings. The molecule has 110 valence electrons. The Hall–Kier alpha value is -1.40. The molecule has 2 heterocycles. The predicted octanol–water partition coefficient (Wildman–Crippen LogP) is 1.36. The topological polar surface area (TPSA) is 87.2 Å². The van der Waals surface area contributed by atoms with Crippen LogP contribution in [0.5, 0.6) is 0 Å². The number of H-pyrrole nitrogens is 1. The van der Waals surface area contributed by atoms with E-state index in [-0.39, 0.29) is 17.9 Å². The summed E-state index contributed by atoms with van der Waals surface area (Å²) in [6.07, 6.45) is 4.72. The number of aliphatic hydroxyl groups excluding tert-OH is 1. The number of hydrogen-bond acceptors (Lipinski definition) is 4. The monoisotopic (exact) mass is 279 g/mol. The van der Waals surface area contributed by atoms with Crippen LogP contribution in [-0.4, -0.2) is 33.9 Å². The molecule has 0 unspecified atom stereocenters. The van der Waals surface area contributed by atoms with Crippen molar-refractivity contribution >= 4 is 11.7 Å². The van der Waals surface area contributed by atoms with Gasteiger partial charge in [0, 0.05) is 24.1 Å². The Morgan fingerprint density at radius 1 is 1.45 bits per heavy atom. The lowest BCUT2D eigenvalue weighted by atomic mass is 9.84. The van der Waals surface area contributed by atoms with E-state index in [4.69, 9.17) is 4.74 Å². The third-order valence-electron chi connectivity index (χ3n) is 4.27. The van der Waals surface area contributed by atoms with E-state index in [2.05, 4.69) is 15.5 Å². The number of ether oxygens (including phenoxy) is 1. The first-order chi connectivity index (χ1) is 9.74. The van der Waals surface area contributed by atoms with Crippen LogP contribution in [0.15, 0.2) is 0 Å². The summed E-state index contributed by atoms with van der Waals surface area (Å²) < 4.78 is 5.39. The number of nitrogens with one attached hydrogen (secondary N) is 2. The molecule has 1 aliphatic carbocycles. The van der Waals surface area contributed by atoms with E-state index in [1.165, 1.54) is 0 Å². The minimum atomic E-state index is -0.342. The van der Waals surface area contributed by atoms with Gasteiger partial charge in [-0.25, -0.2) is 0 Å². The van der Waals surface area contributed by atoms with Gasteiger partial charge < -0.3 is 15.2 Å². The molecule has 20 heavy (non-hydrogen) atoms. The van der Waals surface area contributed by atoms with Gasteiger partial charge in [-0.15, -0.1) is 0 Å². The fraction of sp³-hybridized carbons (Fsp3) is 0.714. The van der Waals surface area contributed by atoms with Gasteiger partial charge in [0.25, 0.3) is 0 Å². The fourth-order valence-corrected chi connectivity index (χ4v) is 3.06. The molecule has 2 aliphatic rings. The normalized spacial score (nSPS) is 26.1. The Morgan fingerprint density at radius 2 is 2.30 bits per heavy atom. The van der Waals surface area contributed by atoms with E-state index < -0.39 is 0 Å². The van der Waals surface area contributed by atoms with Crippen molar-refractivity contribution in [2.24, 2.45) is 5.92 Å². The van der Waals surface area contributed by atoms with Crippen LogP contribution in [0.3, 0.4) is 0 Å². The minimum Gasteiger partial charge on any atom is -0.393 e. The van der Waals surface area contributed by atoms with Crippen LogP contribution in [0.1, 0.15) is 43.4 Å². The third kappa shape index (κ3) is 2.86. The lowest BCUT2D eigenvalue weighted by Gasteiger charge is -2.26. The number of aliphatic hydroxyl groups is 1. The molecule has 0 bridgehead atoms. The van der Waals surface area contributed by atoms with Crippen LogP contribution in [0.2, 0.25) is 0 Å². The smallest absolute Gasteiger partial charge is 0.225 e. The van der Waals surface area contributed by atoms with E-state index in [1.807, 2.05) is 0 Å². The van der Waals surface area contributed by atoms with Crippen molar-refractivity contribution in [3.63, 3.8) is 0 Å². The van der Waals surface area contributed by atoms with E-state index in [1.54, 1.807) is 0 Å². The first-order valence-electron chi connectivity index (χ1n) is 7.36. The van der Waals surface area contributed by atoms with Crippen LogP contribution in [0, 0.1) is 5.92 Å². The summed E-state index contributed by atoms with van der Waals surface area (Å²) in [5.74, 6) is 0.584. The largest absolute Gasteiger partial charge is 0.393 e. The van der Waals surface area contributed by atoms with Crippen molar-refractivity contribution in [3.05, 3.63) is 11.3 Å². The van der Waals surface area contributed by atoms with Gasteiger partial charge in [-0.05, 0) is 18.8 Å². The van der Waals surface area contributed by atoms with Gasteiger partial charge in [0.05, 0.1) is 19.3 Å². The number of amides is 1. The van der Waals surface area contributed by atoms with Gasteiger partial charge in [-0.2, -0.15) is 5.10 Å². The molecule has 1 saturated carbocycles. The van der Waals surface area contributed by atoms with E-state index in [0.29, 0.717) is 25.5 Å². The summed E-state index contributed by atoms with van der Waals surface area (Å²) >= 11 is 0. The minimum absolute atomic E-state index is 0.0733. The number of hydrogen-bond donors (Lipinski definition) is 3. The second kappa shape index (κ2) is 5.93. The summed E-state index contributed by atoms with van der Waals surface area (Å²) in [5, 5.41) is 19.9. The number of carbonyl (C=O) groups excluding carboxylic acids is 1. The predicted molar refractivity (Wildman–Crippen MR) is 73.2 cm³/mol. The molecule has 0 spiro atoms. The van der Waals surface area contributed by atoms with Gasteiger partial charge in [0.2, 0.25) is 5.91 Å². The molecule has 3 N–H and O–H groups in total. The van der Waals surface area contributed by atoms with Gasteiger partial charge in [-0.3, -0.25) is 9.89 Å². The van der Waals surface area contributed by atoms with Crippen molar-refractivity contribution in [1.29, 1.82) is 0 Å². The van der Waals surface area contributed by atoms with Gasteiger partial charge >= 0.3 is 0 Å². The Bertz CT molecular complexity index is 486. The first kappa shape index (κ1) is 13.6. The molecule has 2 atom stereocenters. The third-order valence-corrected chi connectivity index (χ3v) is 4.27. The summed E-state index contributed by atoms with van der Waals surface area (Å²) in [6.45, 7) is 1.18. The highest BCUT2D eigenvalue weighted by Gasteiger charge is 2.26. The van der Waals surface area contributed by atoms with E-state index in [9.17, 15) is 9.90 Å². The van der Waals surface area contributed by atoms with E-state index in [0.717, 1.165) is 43.4 Å². The summed E-state index contributed by atoms with van der Waals surface area (Å²) in [5.41, 5.74) is 2.00. The van der Waals surface area contributed by atoms with Crippen LogP contribution in [-0.2, 0) is 22.6 Å². The van der Waals surface area contributed by atoms with Crippen LogP contribution < -0.4 is 5.32 Å². The summed E-state index contributed by atoms with van der Waals surface area (Å²) in [7, 11) is 0. The molecule has 0 radical (unpaired) electrons. The van der Waals surface area contributed by atoms with Crippen molar-refractivity contribution in [1.82, 2.24) is 10.2 Å². The van der Waals surface area contributed by atoms with Gasteiger partial charge in [-0.1, -0.05) is 12.8 Å². The van der Waals surface area contributed by atoms with Crippen molar-refractivity contribution < 1.29 is 14.6 Å². The Kier molecular flexibility index (Phi) is 4.03. The number of rotatable bonds is 3. The quantitative estimate of drug-likeness (QED) is 0.779. The lowest BCUT2D eigenvalue weighted by molar-refractivity contribution is -0.118. The molecular formula is C14H21N3O3. The molecule has 1 amide bonds. The number of nitrogens with zero attached hydrogens (tertiary/aromatic N) is 1. The molecule has 1 aromatic heterocycles. The maximum absolute atomic E-state index is 12.1. The Balaban J connectivity index is 1.60. The molecule has 3 rings (SSSR count). The molecular weight excluding hydrogens is 258 g/mol. The second-order valence-corrected chi connectivity index (χ2v) is 5.70. The van der Waals surface area contributed by atoms with Gasteiger partial charge in [0.1, 0.15) is 0 Å². The van der Waals surface area contributed by atoms with E-state index >= 15 is 0 Å². The Labute approximate surface area is 117 Å². The highest BCUT2D eigenvalue weighted by atomic mass is 16.5. The standard InChI is InChI=1S/C14H21N3O3/c18-12-4-2-1-3-9(12)7-13(19)15-14-10-8-20-6-5-11(10)16-17-14/h9,12,18H,1-8H2,(H2,15,16,17,19)/t9-,12+/m0/s1. The zero-order valence-electron chi connectivity index (χ0n) is 11.5. The van der Waals surface area contributed by atoms with Crippen molar-refractivity contribution in [2.45, 2.75) is 51.2 Å². The maximum Gasteiger partial charge on any atom is 0.225 e. The number of carbonyl (C=O) groups is 1. The summed E-state index contributed by atoms with van der Waals surface area (Å²) in [6, 6.07) is 0. The maximum atomic E-state index is 12.1. The first-order valence-corrected chi connectivity index (χ1v) is 7.36. The van der Waals surface area contributed by atoms with Gasteiger partial charge in [0.15, 0.2) is 5.82 Å². The fourth-order valence-electron chi connectivity index (χ4n) is 3.06. The zero-order chi connectivity index (χ0) is 13.9. The highest BCUT2D eigenvalue weighted by Crippen LogP contribution is 2.28. The second-order valence-electron chi connectivity index (χ2n) is 5.70. The average Bonchev–Trinajstić information content (AvgIpc) is 2.85. The molecule has 1 aliphatic heterocycles.